The van der Waals surface area contributed by atoms with Crippen molar-refractivity contribution in [1.82, 2.24) is 5.32 Å². The van der Waals surface area contributed by atoms with Gasteiger partial charge in [-0.05, 0) is 32.6 Å². The molecular formula is C12H25NO3. The first-order valence-electron chi connectivity index (χ1n) is 5.90. The van der Waals surface area contributed by atoms with Crippen LogP contribution in [0.4, 0.5) is 0 Å². The molecule has 0 saturated carbocycles. The van der Waals surface area contributed by atoms with Gasteiger partial charge in [0.15, 0.2) is 0 Å². The number of amides is 1. The molecule has 1 amide bonds. The van der Waals surface area contributed by atoms with Crippen LogP contribution in [0.25, 0.3) is 0 Å². The number of hydrogen-bond donors (Lipinski definition) is 3. The zero-order chi connectivity index (χ0) is 12.8. The molecule has 0 radical (unpaired) electrons. The molecule has 0 saturated heterocycles. The number of carbonyl (C=O) groups excluding carboxylic acids is 1. The molecule has 0 aromatic heterocycles. The highest BCUT2D eigenvalue weighted by molar-refractivity contribution is 5.75. The molecule has 0 fully saturated rings. The average Bonchev–Trinajstić information content (AvgIpc) is 2.09. The van der Waals surface area contributed by atoms with E-state index in [0.717, 1.165) is 0 Å². The lowest BCUT2D eigenvalue weighted by atomic mass is 9.94. The maximum atomic E-state index is 11.3. The van der Waals surface area contributed by atoms with E-state index in [0.29, 0.717) is 25.2 Å². The van der Waals surface area contributed by atoms with Crippen LogP contribution in [0.15, 0.2) is 0 Å². The standard InChI is InChI=1S/C12H25NO3/c1-9(2)7-12(4,16)8-13-11(15)6-5-10(3)14/h9-10,14,16H,5-8H2,1-4H3,(H,13,15). The molecule has 0 spiro atoms. The summed E-state index contributed by atoms with van der Waals surface area (Å²) >= 11 is 0. The first-order valence-corrected chi connectivity index (χ1v) is 5.90. The lowest BCUT2D eigenvalue weighted by Gasteiger charge is -2.25. The maximum Gasteiger partial charge on any atom is 0.220 e. The van der Waals surface area contributed by atoms with E-state index in [9.17, 15) is 9.90 Å². The van der Waals surface area contributed by atoms with E-state index >= 15 is 0 Å². The van der Waals surface area contributed by atoms with E-state index in [4.69, 9.17) is 5.11 Å². The molecule has 3 N–H and O–H groups in total. The quantitative estimate of drug-likeness (QED) is 0.613. The van der Waals surface area contributed by atoms with Crippen LogP contribution in [0.1, 0.15) is 47.0 Å². The van der Waals surface area contributed by atoms with Crippen molar-refractivity contribution in [3.8, 4) is 0 Å². The lowest BCUT2D eigenvalue weighted by Crippen LogP contribution is -2.41. The van der Waals surface area contributed by atoms with E-state index in [1.165, 1.54) is 0 Å². The number of carbonyl (C=O) groups is 1. The summed E-state index contributed by atoms with van der Waals surface area (Å²) in [4.78, 5) is 11.3. The highest BCUT2D eigenvalue weighted by Crippen LogP contribution is 2.15. The summed E-state index contributed by atoms with van der Waals surface area (Å²) in [5, 5.41) is 21.6. The highest BCUT2D eigenvalue weighted by atomic mass is 16.3. The lowest BCUT2D eigenvalue weighted by molar-refractivity contribution is -0.122. The number of hydrogen-bond acceptors (Lipinski definition) is 3. The Bertz CT molecular complexity index is 212. The second kappa shape index (κ2) is 6.86. The van der Waals surface area contributed by atoms with Crippen LogP contribution < -0.4 is 5.32 Å². The molecule has 0 aromatic rings. The smallest absolute Gasteiger partial charge is 0.220 e. The van der Waals surface area contributed by atoms with Crippen molar-refractivity contribution in [3.63, 3.8) is 0 Å². The molecule has 0 heterocycles. The topological polar surface area (TPSA) is 69.6 Å². The van der Waals surface area contributed by atoms with Crippen LogP contribution in [0.5, 0.6) is 0 Å². The fraction of sp³-hybridized carbons (Fsp3) is 0.917. The minimum Gasteiger partial charge on any atom is -0.393 e. The Kier molecular flexibility index (Phi) is 6.60. The summed E-state index contributed by atoms with van der Waals surface area (Å²) in [5.41, 5.74) is -0.853. The second-order valence-electron chi connectivity index (χ2n) is 5.26. The third-order valence-electron chi connectivity index (χ3n) is 2.30. The van der Waals surface area contributed by atoms with E-state index in [1.54, 1.807) is 13.8 Å². The van der Waals surface area contributed by atoms with Crippen LogP contribution in [-0.2, 0) is 4.79 Å². The minimum atomic E-state index is -0.853. The summed E-state index contributed by atoms with van der Waals surface area (Å²) in [6.45, 7) is 7.71. The highest BCUT2D eigenvalue weighted by Gasteiger charge is 2.22. The van der Waals surface area contributed by atoms with E-state index in [1.807, 2.05) is 13.8 Å². The molecule has 4 heteroatoms. The van der Waals surface area contributed by atoms with Gasteiger partial charge in [-0.2, -0.15) is 0 Å². The van der Waals surface area contributed by atoms with Crippen molar-refractivity contribution >= 4 is 5.91 Å². The molecule has 16 heavy (non-hydrogen) atoms. The SMILES string of the molecule is CC(C)CC(C)(O)CNC(=O)CCC(C)O. The summed E-state index contributed by atoms with van der Waals surface area (Å²) in [6, 6.07) is 0. The van der Waals surface area contributed by atoms with Gasteiger partial charge in [0.1, 0.15) is 0 Å². The van der Waals surface area contributed by atoms with E-state index in [2.05, 4.69) is 5.32 Å². The van der Waals surface area contributed by atoms with Gasteiger partial charge in [-0.3, -0.25) is 4.79 Å². The predicted molar refractivity (Wildman–Crippen MR) is 64.0 cm³/mol. The Labute approximate surface area is 98.1 Å². The van der Waals surface area contributed by atoms with Crippen LogP contribution in [0.2, 0.25) is 0 Å². The molecule has 0 aliphatic heterocycles. The van der Waals surface area contributed by atoms with Crippen molar-refractivity contribution in [2.45, 2.75) is 58.7 Å². The van der Waals surface area contributed by atoms with Crippen LogP contribution in [0.3, 0.4) is 0 Å². The largest absolute Gasteiger partial charge is 0.393 e. The molecular weight excluding hydrogens is 206 g/mol. The van der Waals surface area contributed by atoms with Gasteiger partial charge in [0.2, 0.25) is 5.91 Å². The molecule has 96 valence electrons. The Balaban J connectivity index is 3.81. The number of rotatable bonds is 7. The van der Waals surface area contributed by atoms with Crippen molar-refractivity contribution in [2.75, 3.05) is 6.54 Å². The third kappa shape index (κ3) is 8.68. The van der Waals surface area contributed by atoms with Crippen LogP contribution >= 0.6 is 0 Å². The van der Waals surface area contributed by atoms with Crippen molar-refractivity contribution < 1.29 is 15.0 Å². The Hall–Kier alpha value is -0.610. The number of aliphatic hydroxyl groups is 2. The van der Waals surface area contributed by atoms with Crippen molar-refractivity contribution in [1.29, 1.82) is 0 Å². The fourth-order valence-corrected chi connectivity index (χ4v) is 1.67. The van der Waals surface area contributed by atoms with Crippen molar-refractivity contribution in [3.05, 3.63) is 0 Å². The average molecular weight is 231 g/mol. The first-order chi connectivity index (χ1) is 7.23. The van der Waals surface area contributed by atoms with Gasteiger partial charge in [0, 0.05) is 13.0 Å². The van der Waals surface area contributed by atoms with Gasteiger partial charge in [0.05, 0.1) is 11.7 Å². The molecule has 2 atom stereocenters. The summed E-state index contributed by atoms with van der Waals surface area (Å²) in [7, 11) is 0. The molecule has 0 rings (SSSR count). The van der Waals surface area contributed by atoms with E-state index < -0.39 is 11.7 Å². The van der Waals surface area contributed by atoms with E-state index in [-0.39, 0.29) is 12.5 Å². The van der Waals surface area contributed by atoms with Gasteiger partial charge >= 0.3 is 0 Å². The van der Waals surface area contributed by atoms with Gasteiger partial charge in [-0.25, -0.2) is 0 Å². The molecule has 0 aliphatic rings. The second-order valence-corrected chi connectivity index (χ2v) is 5.26. The monoisotopic (exact) mass is 231 g/mol. The maximum absolute atomic E-state index is 11.3. The van der Waals surface area contributed by atoms with Gasteiger partial charge in [-0.1, -0.05) is 13.8 Å². The Morgan fingerprint density at radius 1 is 1.38 bits per heavy atom. The normalized spacial score (nSPS) is 16.9. The summed E-state index contributed by atoms with van der Waals surface area (Å²) < 4.78 is 0. The Morgan fingerprint density at radius 3 is 2.38 bits per heavy atom. The predicted octanol–water partition coefficient (Wildman–Crippen LogP) is 1.06. The van der Waals surface area contributed by atoms with Gasteiger partial charge in [-0.15, -0.1) is 0 Å². The Morgan fingerprint density at radius 2 is 1.94 bits per heavy atom. The first kappa shape index (κ1) is 15.4. The van der Waals surface area contributed by atoms with Crippen molar-refractivity contribution in [2.24, 2.45) is 5.92 Å². The summed E-state index contributed by atoms with van der Waals surface area (Å²) in [6.07, 6.45) is 0.957. The van der Waals surface area contributed by atoms with Gasteiger partial charge in [0.25, 0.3) is 0 Å². The molecule has 2 unspecified atom stereocenters. The molecule has 0 aromatic carbocycles. The minimum absolute atomic E-state index is 0.120. The zero-order valence-electron chi connectivity index (χ0n) is 10.8. The van der Waals surface area contributed by atoms with Gasteiger partial charge < -0.3 is 15.5 Å². The van der Waals surface area contributed by atoms with Crippen LogP contribution in [0, 0.1) is 5.92 Å². The molecule has 4 nitrogen and oxygen atoms in total. The summed E-state index contributed by atoms with van der Waals surface area (Å²) in [5.74, 6) is 0.272. The number of aliphatic hydroxyl groups excluding tert-OH is 1. The molecule has 0 bridgehead atoms. The zero-order valence-corrected chi connectivity index (χ0v) is 10.8. The molecule has 0 aliphatic carbocycles. The fourth-order valence-electron chi connectivity index (χ4n) is 1.67. The van der Waals surface area contributed by atoms with Crippen LogP contribution in [-0.4, -0.2) is 34.4 Å². The number of nitrogens with one attached hydrogen (secondary N) is 1. The third-order valence-corrected chi connectivity index (χ3v) is 2.30.